The van der Waals surface area contributed by atoms with Gasteiger partial charge in [0.25, 0.3) is 0 Å². The Hall–Kier alpha value is -1.58. The Morgan fingerprint density at radius 1 is 1.26 bits per heavy atom. The van der Waals surface area contributed by atoms with Gasteiger partial charge in [-0.15, -0.1) is 11.8 Å². The van der Waals surface area contributed by atoms with Gasteiger partial charge in [-0.3, -0.25) is 14.4 Å². The van der Waals surface area contributed by atoms with Crippen LogP contribution >= 0.6 is 27.7 Å². The number of carbonyl (C=O) groups is 3. The first-order valence-corrected chi connectivity index (χ1v) is 14.3. The summed E-state index contributed by atoms with van der Waals surface area (Å²) in [5.74, 6) is -1.76. The number of benzene rings is 1. The highest BCUT2D eigenvalue weighted by atomic mass is 79.9. The van der Waals surface area contributed by atoms with E-state index >= 15 is 0 Å². The van der Waals surface area contributed by atoms with Crippen LogP contribution in [0.3, 0.4) is 0 Å². The molecule has 35 heavy (non-hydrogen) atoms. The summed E-state index contributed by atoms with van der Waals surface area (Å²) >= 11 is 5.38. The second kappa shape index (κ2) is 10.8. The summed E-state index contributed by atoms with van der Waals surface area (Å²) in [7, 11) is 0. The Morgan fingerprint density at radius 2 is 2.00 bits per heavy atom. The third-order valence-electron chi connectivity index (χ3n) is 7.55. The summed E-state index contributed by atoms with van der Waals surface area (Å²) in [6.45, 7) is 6.58. The van der Waals surface area contributed by atoms with Gasteiger partial charge in [-0.25, -0.2) is 0 Å². The number of halogens is 1. The molecule has 2 bridgehead atoms. The van der Waals surface area contributed by atoms with Crippen molar-refractivity contribution in [3.8, 4) is 0 Å². The molecule has 3 saturated heterocycles. The number of nitrogens with zero attached hydrogens (tertiary/aromatic N) is 1. The van der Waals surface area contributed by atoms with Gasteiger partial charge in [-0.05, 0) is 57.2 Å². The minimum atomic E-state index is -0.666. The normalized spacial score (nSPS) is 31.1. The van der Waals surface area contributed by atoms with Crippen LogP contribution in [-0.4, -0.2) is 68.4 Å². The van der Waals surface area contributed by atoms with Gasteiger partial charge in [0.2, 0.25) is 11.8 Å². The molecule has 7 nitrogen and oxygen atoms in total. The lowest BCUT2D eigenvalue weighted by atomic mass is 9.71. The molecule has 3 aliphatic heterocycles. The van der Waals surface area contributed by atoms with Crippen molar-refractivity contribution in [1.82, 2.24) is 4.90 Å². The minimum Gasteiger partial charge on any atom is -0.466 e. The number of hydrogen-bond acceptors (Lipinski definition) is 6. The summed E-state index contributed by atoms with van der Waals surface area (Å²) < 4.78 is 4.73. The van der Waals surface area contributed by atoms with Crippen molar-refractivity contribution in [3.63, 3.8) is 0 Å². The molecule has 0 saturated carbocycles. The maximum Gasteiger partial charge on any atom is 0.310 e. The van der Waals surface area contributed by atoms with Crippen LogP contribution in [0.25, 0.3) is 0 Å². The number of aliphatic hydroxyl groups is 1. The number of unbranched alkanes of at least 4 members (excludes halogenated alkanes) is 3. The number of aliphatic hydroxyl groups excluding tert-OH is 1. The molecule has 2 amide bonds. The molecule has 9 heteroatoms. The number of amides is 2. The molecular weight excluding hydrogens is 532 g/mol. The highest BCUT2D eigenvalue weighted by Gasteiger charge is 2.75. The van der Waals surface area contributed by atoms with Crippen molar-refractivity contribution in [2.75, 3.05) is 25.1 Å². The van der Waals surface area contributed by atoms with Crippen molar-refractivity contribution in [1.29, 1.82) is 0 Å². The summed E-state index contributed by atoms with van der Waals surface area (Å²) in [6, 6.07) is 5.27. The number of alkyl halides is 1. The molecule has 3 heterocycles. The highest BCUT2D eigenvalue weighted by molar-refractivity contribution is 9.09. The fraction of sp³-hybridized carbons (Fsp3) is 0.654. The Labute approximate surface area is 219 Å². The van der Waals surface area contributed by atoms with E-state index in [2.05, 4.69) is 21.2 Å². The number of rotatable bonds is 10. The maximum atomic E-state index is 13.9. The third kappa shape index (κ3) is 4.76. The van der Waals surface area contributed by atoms with Crippen LogP contribution in [0.15, 0.2) is 18.2 Å². The quantitative estimate of drug-likeness (QED) is 0.254. The number of fused-ring (bicyclic) bond motifs is 1. The Kier molecular flexibility index (Phi) is 8.18. The Balaban J connectivity index is 1.66. The van der Waals surface area contributed by atoms with Crippen LogP contribution in [0.4, 0.5) is 5.69 Å². The third-order valence-corrected chi connectivity index (χ3v) is 10.8. The molecule has 3 fully saturated rings. The first-order valence-electron chi connectivity index (χ1n) is 12.5. The van der Waals surface area contributed by atoms with E-state index in [0.717, 1.165) is 42.5 Å². The van der Waals surface area contributed by atoms with Crippen LogP contribution in [0.5, 0.6) is 0 Å². The van der Waals surface area contributed by atoms with Gasteiger partial charge in [0.05, 0.1) is 23.2 Å². The molecule has 4 rings (SSSR count). The van der Waals surface area contributed by atoms with E-state index in [9.17, 15) is 14.4 Å². The predicted octanol–water partition coefficient (Wildman–Crippen LogP) is 3.82. The Morgan fingerprint density at radius 3 is 2.71 bits per heavy atom. The zero-order valence-electron chi connectivity index (χ0n) is 20.6. The SMILES string of the molecule is CCOC(=O)[C@H]1[C@@H]2SC3(CC2Br)C(C(=O)Nc2cc(C)ccc2C)N(CCCCCCO)C(=O)[C@H]13. The first kappa shape index (κ1) is 26.5. The molecule has 0 aromatic heterocycles. The van der Waals surface area contributed by atoms with Crippen molar-refractivity contribution >= 4 is 51.2 Å². The van der Waals surface area contributed by atoms with Gasteiger partial charge in [0.1, 0.15) is 6.04 Å². The number of likely N-dealkylation sites (tertiary alicyclic amines) is 1. The standard InChI is InChI=1S/C26H35BrN2O5S/c1-4-34-25(33)19-20-24(32)29(11-7-5-6-8-12-30)22(26(20)14-17(27)21(19)35-26)23(31)28-18-13-15(2)9-10-16(18)3/h9-10,13,17,19-22,30H,4-8,11-12,14H2,1-3H3,(H,28,31)/t17?,19-,20+,21-,22?,26?/m1/s1. The smallest absolute Gasteiger partial charge is 0.310 e. The number of thioether (sulfide) groups is 1. The lowest BCUT2D eigenvalue weighted by Crippen LogP contribution is -2.52. The monoisotopic (exact) mass is 566 g/mol. The number of nitrogens with one attached hydrogen (secondary N) is 1. The van der Waals surface area contributed by atoms with Crippen molar-refractivity contribution in [3.05, 3.63) is 29.3 Å². The average molecular weight is 568 g/mol. The van der Waals surface area contributed by atoms with Gasteiger partial charge in [-0.2, -0.15) is 0 Å². The summed E-state index contributed by atoms with van der Waals surface area (Å²) in [4.78, 5) is 42.6. The molecule has 0 aliphatic carbocycles. The van der Waals surface area contributed by atoms with Crippen LogP contribution in [0, 0.1) is 25.7 Å². The van der Waals surface area contributed by atoms with Gasteiger partial charge in [0, 0.05) is 28.9 Å². The van der Waals surface area contributed by atoms with Crippen LogP contribution < -0.4 is 5.32 Å². The number of esters is 1. The van der Waals surface area contributed by atoms with Gasteiger partial charge in [-0.1, -0.05) is 40.9 Å². The molecule has 1 aromatic carbocycles. The Bertz CT molecular complexity index is 990. The fourth-order valence-electron chi connectivity index (χ4n) is 6.00. The van der Waals surface area contributed by atoms with Crippen LogP contribution in [-0.2, 0) is 19.1 Å². The van der Waals surface area contributed by atoms with Gasteiger partial charge >= 0.3 is 5.97 Å². The molecule has 1 spiro atoms. The molecule has 0 radical (unpaired) electrons. The molecule has 2 N–H and O–H groups in total. The zero-order valence-corrected chi connectivity index (χ0v) is 23.0. The van der Waals surface area contributed by atoms with E-state index < -0.39 is 22.6 Å². The first-order chi connectivity index (χ1) is 16.7. The lowest BCUT2D eigenvalue weighted by molar-refractivity contribution is -0.153. The molecule has 6 atom stereocenters. The maximum absolute atomic E-state index is 13.9. The summed E-state index contributed by atoms with van der Waals surface area (Å²) in [5, 5.41) is 12.1. The van der Waals surface area contributed by atoms with E-state index in [-0.39, 0.29) is 41.1 Å². The summed E-state index contributed by atoms with van der Waals surface area (Å²) in [6.07, 6.45) is 3.87. The second-order valence-electron chi connectivity index (χ2n) is 9.89. The predicted molar refractivity (Wildman–Crippen MR) is 141 cm³/mol. The van der Waals surface area contributed by atoms with Crippen molar-refractivity contribution in [2.45, 2.75) is 73.7 Å². The summed E-state index contributed by atoms with van der Waals surface area (Å²) in [5.41, 5.74) is 2.76. The number of ether oxygens (including phenoxy) is 1. The lowest BCUT2D eigenvalue weighted by Gasteiger charge is -2.35. The average Bonchev–Trinajstić information content (AvgIpc) is 3.40. The molecule has 3 aliphatic rings. The minimum absolute atomic E-state index is 0.0338. The van der Waals surface area contributed by atoms with E-state index in [1.807, 2.05) is 32.0 Å². The molecular formula is C26H35BrN2O5S. The molecule has 192 valence electrons. The number of aryl methyl sites for hydroxylation is 2. The topological polar surface area (TPSA) is 95.9 Å². The second-order valence-corrected chi connectivity index (χ2v) is 12.6. The number of anilines is 1. The van der Waals surface area contributed by atoms with E-state index in [1.165, 1.54) is 0 Å². The molecule has 1 aromatic rings. The van der Waals surface area contributed by atoms with Gasteiger partial charge in [0.15, 0.2) is 0 Å². The van der Waals surface area contributed by atoms with Crippen LogP contribution in [0.2, 0.25) is 0 Å². The number of hydrogen-bond donors (Lipinski definition) is 2. The molecule has 3 unspecified atom stereocenters. The van der Waals surface area contributed by atoms with E-state index in [4.69, 9.17) is 9.84 Å². The van der Waals surface area contributed by atoms with E-state index in [1.54, 1.807) is 23.6 Å². The van der Waals surface area contributed by atoms with Crippen molar-refractivity contribution in [2.24, 2.45) is 11.8 Å². The van der Waals surface area contributed by atoms with Crippen molar-refractivity contribution < 1.29 is 24.2 Å². The van der Waals surface area contributed by atoms with Crippen LogP contribution in [0.1, 0.15) is 50.2 Å². The van der Waals surface area contributed by atoms with Gasteiger partial charge < -0.3 is 20.1 Å². The van der Waals surface area contributed by atoms with E-state index in [0.29, 0.717) is 13.0 Å². The largest absolute Gasteiger partial charge is 0.466 e. The number of carbonyl (C=O) groups excluding carboxylic acids is 3. The fourth-order valence-corrected chi connectivity index (χ4v) is 9.60. The highest BCUT2D eigenvalue weighted by Crippen LogP contribution is 2.67. The zero-order chi connectivity index (χ0) is 25.3.